The van der Waals surface area contributed by atoms with Crippen molar-refractivity contribution in [2.75, 3.05) is 6.26 Å². The summed E-state index contributed by atoms with van der Waals surface area (Å²) in [5.41, 5.74) is 2.87. The van der Waals surface area contributed by atoms with Crippen molar-refractivity contribution in [1.82, 2.24) is 4.57 Å². The lowest BCUT2D eigenvalue weighted by Crippen LogP contribution is -2.16. The van der Waals surface area contributed by atoms with Crippen molar-refractivity contribution in [3.05, 3.63) is 63.1 Å². The highest BCUT2D eigenvalue weighted by Crippen LogP contribution is 2.51. The molecule has 0 bridgehead atoms. The SMILES string of the molecule is [2H]C(C)(c1ccc(Cl)cc1C)n1c2c(c3cc(F)c(C)c(S(C)(=O)=O)c31)C(C)C[C@@H]2CC(=O)O.[2H][2H].[2H][2H].[2H][2H].[2H][2H].[2H][2H].[2H][2H].[2H][2H].[HH].[HH].[HH].[HH].[HH].[HH].[HH].[HH].[HH].[HH].[HH].[HH].[HH].[HH].[HH].[HH].[HH].[HH].[HH].[HH].[HH].[HH].[HH].[HH].[HH].[HH].[HH].[HH].[HH].[HH].[HH].[HH].[HH].[HH].[HH].[HH].[HH].[HH].[HH].[HH].[HH].[HH].[HH].[HH].[HH].[HH].[HH].[HH].[HH].[HH].[HH].[HH]. The first-order valence-corrected chi connectivity index (χ1v) is 13.0. The van der Waals surface area contributed by atoms with Gasteiger partial charge in [0, 0.05) is 129 Å². The quantitative estimate of drug-likeness (QED) is 0.306. The molecule has 5 nitrogen and oxygen atoms in total. The van der Waals surface area contributed by atoms with Crippen LogP contribution >= 0.6 is 11.6 Å². The van der Waals surface area contributed by atoms with Gasteiger partial charge < -0.3 is 9.67 Å². The molecule has 1 aliphatic carbocycles. The van der Waals surface area contributed by atoms with Crippen LogP contribution in [-0.2, 0) is 14.6 Å². The fourth-order valence-electron chi connectivity index (χ4n) is 5.44. The molecule has 1 N–H and O–H groups in total. The standard InChI is InChI=1S/C25H27ClFNO4S.59H2/c1-12-9-17(26)6-7-18(12)15(4)28-23-16(10-21(29)30)8-13(2)22(23)19-11-20(27)14(3)25(24(19)28)33(5,31)32;;;;;;;;;;;;;;;;;;;;;;;;;;;;;;;;;;;;;;;;;;;;;;;;;;;;;;;;;;;/h6-7,9,11,13,15-16H,8,10H2,1-5H3,(H,29,30);59*1H/t13?,15?,16-;;;;;;;;;;;;;;;;;;;;;;;;;;;;;;;;;;;;;;;;;;;;;;;;;;;;;;;;;;;/m1.........................................................../s1/i15D;7*1+1D;;;;;;;;;;;;;;;;;;;;;;;;;;;;;;;;;;;;;;;;;;;;;;;;;;;;. The number of aromatic nitrogens is 1. The van der Waals surface area contributed by atoms with Crippen molar-refractivity contribution in [1.29, 1.82) is 0 Å². The highest BCUT2D eigenvalue weighted by atomic mass is 35.5. The average molecular weight is 626 g/mol. The van der Waals surface area contributed by atoms with Gasteiger partial charge in [-0.05, 0) is 68.0 Å². The minimum Gasteiger partial charge on any atom is -0.481 e. The lowest BCUT2D eigenvalue weighted by molar-refractivity contribution is -0.137. The van der Waals surface area contributed by atoms with E-state index in [1.807, 2.05) is 13.8 Å². The summed E-state index contributed by atoms with van der Waals surface area (Å²) in [4.78, 5) is 11.6. The molecule has 0 saturated carbocycles. The Hall–Kier alpha value is -2.38. The summed E-state index contributed by atoms with van der Waals surface area (Å²) in [7, 11) is -3.89. The van der Waals surface area contributed by atoms with E-state index >= 15 is 4.39 Å². The summed E-state index contributed by atoms with van der Waals surface area (Å²) >= 11 is 6.15. The Balaban J connectivity index is -0.00000000515. The van der Waals surface area contributed by atoms with Gasteiger partial charge in [-0.3, -0.25) is 4.79 Å². The molecule has 0 aliphatic heterocycles. The number of carboxylic acids is 1. The number of hydrogen-bond donors (Lipinski definition) is 1. The number of rotatable bonds is 5. The lowest BCUT2D eigenvalue weighted by atomic mass is 9.97. The van der Waals surface area contributed by atoms with Crippen molar-refractivity contribution in [2.24, 2.45) is 0 Å². The van der Waals surface area contributed by atoms with E-state index in [4.69, 9.17) is 32.4 Å². The van der Waals surface area contributed by atoms with Gasteiger partial charge in [-0.25, -0.2) is 12.8 Å². The zero-order valence-electron chi connectivity index (χ0n) is 34.2. The van der Waals surface area contributed by atoms with Gasteiger partial charge in [-0.2, -0.15) is 0 Å². The number of fused-ring (bicyclic) bond motifs is 3. The molecular formula is C25H145ClFNO4S. The van der Waals surface area contributed by atoms with Crippen LogP contribution in [0.15, 0.2) is 29.2 Å². The topological polar surface area (TPSA) is 76.4 Å². The highest BCUT2D eigenvalue weighted by molar-refractivity contribution is 7.91. The molecule has 1 aliphatic rings. The van der Waals surface area contributed by atoms with Crippen molar-refractivity contribution < 1.29 is 119 Å². The molecule has 0 spiro atoms. The molecule has 2 unspecified atom stereocenters. The summed E-state index contributed by atoms with van der Waals surface area (Å²) < 4.78 is 122. The van der Waals surface area contributed by atoms with Crippen LogP contribution in [0.4, 0.5) is 4.39 Å². The largest absolute Gasteiger partial charge is 0.481 e. The third-order valence-corrected chi connectivity index (χ3v) is 8.17. The summed E-state index contributed by atoms with van der Waals surface area (Å²) in [6, 6.07) is 4.94. The van der Waals surface area contributed by atoms with E-state index in [0.29, 0.717) is 28.1 Å². The lowest BCUT2D eigenvalue weighted by Gasteiger charge is -2.25. The average Bonchev–Trinajstić information content (AvgIpc) is 3.57. The van der Waals surface area contributed by atoms with E-state index in [1.54, 1.807) is 29.7 Å². The van der Waals surface area contributed by atoms with Gasteiger partial charge in [-0.1, -0.05) is 24.6 Å². The number of aryl methyl sites for hydroxylation is 1. The Morgan fingerprint density at radius 1 is 1.45 bits per heavy atom. The van der Waals surface area contributed by atoms with Gasteiger partial charge >= 0.3 is 5.97 Å². The maximum absolute atomic E-state index is 15.1. The second kappa shape index (κ2) is 8.13. The van der Waals surface area contributed by atoms with Crippen LogP contribution in [0.3, 0.4) is 0 Å². The smallest absolute Gasteiger partial charge is 0.304 e. The zero-order valence-corrected chi connectivity index (χ0v) is 20.7. The fraction of sp³-hybridized carbons (Fsp3) is 0.400. The molecule has 0 radical (unpaired) electrons. The normalized spacial score (nSPS) is 22.2. The van der Waals surface area contributed by atoms with E-state index in [9.17, 15) is 19.7 Å². The van der Waals surface area contributed by atoms with Crippen LogP contribution in [0.1, 0.15) is 169 Å². The number of carboxylic acid groups (broad SMARTS) is 1. The third kappa shape index (κ3) is 3.85. The Kier molecular flexibility index (Phi) is 3.82. The second-order valence-electron chi connectivity index (χ2n) is 9.09. The number of aliphatic carboxylic acids is 1. The van der Waals surface area contributed by atoms with Gasteiger partial charge in [0.25, 0.3) is 0 Å². The van der Waals surface area contributed by atoms with E-state index in [1.165, 1.54) is 13.0 Å². The molecule has 294 valence electrons. The molecule has 0 saturated heterocycles. The van der Waals surface area contributed by atoms with Gasteiger partial charge in [0.05, 0.1) is 24.2 Å². The van der Waals surface area contributed by atoms with Crippen molar-refractivity contribution >= 4 is 38.3 Å². The Morgan fingerprint density at radius 2 is 2.12 bits per heavy atom. The van der Waals surface area contributed by atoms with Crippen molar-refractivity contribution in [3.63, 3.8) is 0 Å². The molecule has 8 heteroatoms. The number of sulfone groups is 1. The first kappa shape index (κ1) is 15.5. The number of hydrogen-bond acceptors (Lipinski definition) is 3. The summed E-state index contributed by atoms with van der Waals surface area (Å²) in [5, 5.41) is 10.5. The molecule has 3 atom stereocenters. The number of carbonyl (C=O) groups is 1. The molecule has 0 fully saturated rings. The van der Waals surface area contributed by atoms with Crippen LogP contribution in [0.5, 0.6) is 0 Å². The van der Waals surface area contributed by atoms with Crippen LogP contribution in [0.25, 0.3) is 10.9 Å². The minimum absolute atomic E-state index is 0. The van der Waals surface area contributed by atoms with Crippen LogP contribution in [0.2, 0.25) is 5.02 Å². The van der Waals surface area contributed by atoms with Crippen LogP contribution in [0, 0.1) is 19.7 Å². The molecule has 1 aromatic heterocycles. The zero-order chi connectivity index (χ0) is 39.3. The molecule has 33 heavy (non-hydrogen) atoms. The summed E-state index contributed by atoms with van der Waals surface area (Å²) in [6.45, 7) is 6.81. The van der Waals surface area contributed by atoms with E-state index in [0.717, 1.165) is 17.4 Å². The molecule has 2 aromatic carbocycles. The highest BCUT2D eigenvalue weighted by Gasteiger charge is 2.39. The van der Waals surface area contributed by atoms with Gasteiger partial charge in [0.1, 0.15) is 5.82 Å². The molecule has 1 heterocycles. The first-order chi connectivity index (χ1) is 22.7. The summed E-state index contributed by atoms with van der Waals surface area (Å²) in [6.07, 6.45) is 1.38. The Bertz CT molecular complexity index is 1550. The van der Waals surface area contributed by atoms with E-state index < -0.39 is 33.6 Å². The first-order valence-electron chi connectivity index (χ1n) is 18.2. The number of benzene rings is 2. The van der Waals surface area contributed by atoms with Crippen LogP contribution in [-0.4, -0.2) is 30.3 Å². The van der Waals surface area contributed by atoms with Crippen molar-refractivity contribution in [2.45, 2.75) is 63.3 Å². The van der Waals surface area contributed by atoms with Crippen molar-refractivity contribution in [3.8, 4) is 0 Å². The predicted octanol–water partition coefficient (Wildman–Crippen LogP) is 20.6. The molecule has 0 amide bonds. The van der Waals surface area contributed by atoms with E-state index in [-0.39, 0.29) is 102 Å². The molecule has 4 rings (SSSR count). The monoisotopic (exact) mass is 625 g/mol. The second-order valence-corrected chi connectivity index (χ2v) is 11.5. The van der Waals surface area contributed by atoms with Gasteiger partial charge in [-0.15, -0.1) is 0 Å². The van der Waals surface area contributed by atoms with Gasteiger partial charge in [0.15, 0.2) is 9.84 Å². The summed E-state index contributed by atoms with van der Waals surface area (Å²) in [5.74, 6) is -2.19. The van der Waals surface area contributed by atoms with Crippen LogP contribution < -0.4 is 0 Å². The maximum Gasteiger partial charge on any atom is 0.304 e. The predicted molar refractivity (Wildman–Crippen MR) is 252 cm³/mol. The van der Waals surface area contributed by atoms with E-state index in [2.05, 4.69) is 0 Å². The van der Waals surface area contributed by atoms with Gasteiger partial charge in [0.2, 0.25) is 0 Å². The fourth-order valence-corrected chi connectivity index (χ4v) is 6.87. The third-order valence-electron chi connectivity index (χ3n) is 6.69. The minimum atomic E-state index is -3.89. The Morgan fingerprint density at radius 3 is 2.70 bits per heavy atom. The maximum atomic E-state index is 15.1. The molecular weight excluding hydrogens is 465 g/mol. The number of nitrogens with zero attached hydrogens (tertiary/aromatic N) is 1. The number of halogens is 2. The molecule has 3 aromatic rings. The Labute approximate surface area is 298 Å².